The summed E-state index contributed by atoms with van der Waals surface area (Å²) < 4.78 is 20.2. The van der Waals surface area contributed by atoms with Gasteiger partial charge in [0.15, 0.2) is 4.80 Å². The zero-order chi connectivity index (χ0) is 22.1. The predicted molar refractivity (Wildman–Crippen MR) is 120 cm³/mol. The number of halogens is 1. The molecular weight excluding hydrogens is 435 g/mol. The van der Waals surface area contributed by atoms with E-state index in [1.807, 2.05) is 30.5 Å². The molecular formula is C23H19FN2O3S2. The smallest absolute Gasteiger partial charge is 0.338 e. The fraction of sp³-hybridized carbons (Fsp3) is 0.174. The highest BCUT2D eigenvalue weighted by Gasteiger charge is 2.33. The highest BCUT2D eigenvalue weighted by molar-refractivity contribution is 7.98. The summed E-state index contributed by atoms with van der Waals surface area (Å²) in [6, 6.07) is 13.0. The van der Waals surface area contributed by atoms with E-state index in [2.05, 4.69) is 4.99 Å². The Hall–Kier alpha value is -2.97. The van der Waals surface area contributed by atoms with Crippen molar-refractivity contribution >= 4 is 35.1 Å². The normalized spacial score (nSPS) is 16.1. The molecule has 2 heterocycles. The van der Waals surface area contributed by atoms with Crippen molar-refractivity contribution in [3.8, 4) is 0 Å². The Kier molecular flexibility index (Phi) is 5.93. The van der Waals surface area contributed by atoms with Gasteiger partial charge in [-0.25, -0.2) is 14.2 Å². The number of nitrogens with zero attached hydrogens (tertiary/aromatic N) is 2. The highest BCUT2D eigenvalue weighted by Crippen LogP contribution is 2.31. The molecule has 1 unspecified atom stereocenters. The average molecular weight is 455 g/mol. The van der Waals surface area contributed by atoms with Gasteiger partial charge in [-0.3, -0.25) is 9.36 Å². The molecule has 0 N–H and O–H groups in total. The van der Waals surface area contributed by atoms with Crippen molar-refractivity contribution < 1.29 is 13.9 Å². The van der Waals surface area contributed by atoms with Gasteiger partial charge in [0.05, 0.1) is 29.0 Å². The molecule has 4 rings (SSSR count). The molecule has 158 valence electrons. The molecule has 8 heteroatoms. The van der Waals surface area contributed by atoms with E-state index in [9.17, 15) is 14.0 Å². The molecule has 0 saturated carbocycles. The van der Waals surface area contributed by atoms with Crippen molar-refractivity contribution in [3.05, 3.63) is 96.4 Å². The Bertz CT molecular complexity index is 1350. The third-order valence-corrected chi connectivity index (χ3v) is 6.75. The fourth-order valence-corrected chi connectivity index (χ4v) is 4.96. The lowest BCUT2D eigenvalue weighted by atomic mass is 9.96. The van der Waals surface area contributed by atoms with Gasteiger partial charge < -0.3 is 4.74 Å². The Morgan fingerprint density at radius 2 is 1.87 bits per heavy atom. The topological polar surface area (TPSA) is 60.7 Å². The SMILES string of the molecule is COC(=O)C1=C(C)N=c2sc(=Cc3ccc(F)cc3)c(=O)n2C1c1ccc(SC)cc1. The van der Waals surface area contributed by atoms with Crippen molar-refractivity contribution in [1.29, 1.82) is 0 Å². The number of esters is 1. The van der Waals surface area contributed by atoms with Crippen LogP contribution < -0.4 is 14.9 Å². The van der Waals surface area contributed by atoms with Gasteiger partial charge >= 0.3 is 5.97 Å². The van der Waals surface area contributed by atoms with Gasteiger partial charge in [-0.1, -0.05) is 35.6 Å². The van der Waals surface area contributed by atoms with E-state index >= 15 is 0 Å². The number of thioether (sulfide) groups is 1. The third kappa shape index (κ3) is 4.00. The Morgan fingerprint density at radius 3 is 2.48 bits per heavy atom. The maximum atomic E-state index is 13.4. The maximum Gasteiger partial charge on any atom is 0.338 e. The number of allylic oxidation sites excluding steroid dienone is 1. The summed E-state index contributed by atoms with van der Waals surface area (Å²) in [6.07, 6.45) is 3.69. The monoisotopic (exact) mass is 454 g/mol. The van der Waals surface area contributed by atoms with Crippen LogP contribution in [0.15, 0.2) is 74.5 Å². The van der Waals surface area contributed by atoms with Gasteiger partial charge in [0.1, 0.15) is 5.82 Å². The number of ether oxygens (including phenoxy) is 1. The van der Waals surface area contributed by atoms with Crippen LogP contribution in [-0.2, 0) is 9.53 Å². The molecule has 0 fully saturated rings. The maximum absolute atomic E-state index is 13.4. The van der Waals surface area contributed by atoms with E-state index in [0.717, 1.165) is 10.5 Å². The lowest BCUT2D eigenvalue weighted by molar-refractivity contribution is -0.136. The molecule has 1 aliphatic heterocycles. The molecule has 0 spiro atoms. The van der Waals surface area contributed by atoms with E-state index in [4.69, 9.17) is 4.74 Å². The van der Waals surface area contributed by atoms with Crippen molar-refractivity contribution in [2.24, 2.45) is 4.99 Å². The zero-order valence-electron chi connectivity index (χ0n) is 17.1. The van der Waals surface area contributed by atoms with Crippen LogP contribution in [0.5, 0.6) is 0 Å². The van der Waals surface area contributed by atoms with Crippen LogP contribution in [0.1, 0.15) is 24.1 Å². The molecule has 5 nitrogen and oxygen atoms in total. The number of methoxy groups -OCH3 is 1. The number of thiazole rings is 1. The predicted octanol–water partition coefficient (Wildman–Crippen LogP) is 3.27. The molecule has 31 heavy (non-hydrogen) atoms. The van der Waals surface area contributed by atoms with E-state index in [1.54, 1.807) is 36.9 Å². The minimum absolute atomic E-state index is 0.263. The summed E-state index contributed by atoms with van der Waals surface area (Å²) in [6.45, 7) is 1.74. The van der Waals surface area contributed by atoms with E-state index in [0.29, 0.717) is 26.2 Å². The first kappa shape index (κ1) is 21.3. The number of carbonyl (C=O) groups is 1. The first-order valence-electron chi connectivity index (χ1n) is 9.43. The molecule has 1 aliphatic rings. The van der Waals surface area contributed by atoms with Crippen molar-refractivity contribution in [1.82, 2.24) is 4.57 Å². The lowest BCUT2D eigenvalue weighted by Crippen LogP contribution is -2.39. The summed E-state index contributed by atoms with van der Waals surface area (Å²) in [4.78, 5) is 32.1. The quantitative estimate of drug-likeness (QED) is 0.449. The molecule has 0 aliphatic carbocycles. The summed E-state index contributed by atoms with van der Waals surface area (Å²) >= 11 is 2.85. The number of fused-ring (bicyclic) bond motifs is 1. The van der Waals surface area contributed by atoms with Crippen LogP contribution in [0.3, 0.4) is 0 Å². The molecule has 2 aromatic carbocycles. The molecule has 1 aromatic heterocycles. The molecule has 3 aromatic rings. The van der Waals surface area contributed by atoms with Gasteiger partial charge in [0.25, 0.3) is 5.56 Å². The Balaban J connectivity index is 1.94. The third-order valence-electron chi connectivity index (χ3n) is 5.03. The zero-order valence-corrected chi connectivity index (χ0v) is 18.7. The van der Waals surface area contributed by atoms with Crippen molar-refractivity contribution in [3.63, 3.8) is 0 Å². The summed E-state index contributed by atoms with van der Waals surface area (Å²) in [5.74, 6) is -0.862. The van der Waals surface area contributed by atoms with Crippen LogP contribution in [-0.4, -0.2) is 23.9 Å². The molecule has 0 bridgehead atoms. The van der Waals surface area contributed by atoms with Crippen LogP contribution in [0.4, 0.5) is 4.39 Å². The average Bonchev–Trinajstić information content (AvgIpc) is 3.08. The molecule has 0 amide bonds. The Labute approximate surface area is 186 Å². The van der Waals surface area contributed by atoms with E-state index in [-0.39, 0.29) is 11.4 Å². The molecule has 1 atom stereocenters. The largest absolute Gasteiger partial charge is 0.466 e. The lowest BCUT2D eigenvalue weighted by Gasteiger charge is -2.24. The minimum atomic E-state index is -0.644. The highest BCUT2D eigenvalue weighted by atomic mass is 32.2. The van der Waals surface area contributed by atoms with E-state index in [1.165, 1.54) is 35.1 Å². The Morgan fingerprint density at radius 1 is 1.19 bits per heavy atom. The van der Waals surface area contributed by atoms with E-state index < -0.39 is 12.0 Å². The first-order valence-corrected chi connectivity index (χ1v) is 11.5. The van der Waals surface area contributed by atoms with Gasteiger partial charge in [-0.15, -0.1) is 11.8 Å². The van der Waals surface area contributed by atoms with Gasteiger partial charge in [0.2, 0.25) is 0 Å². The second-order valence-corrected chi connectivity index (χ2v) is 8.79. The number of benzene rings is 2. The number of hydrogen-bond acceptors (Lipinski definition) is 6. The second kappa shape index (κ2) is 8.64. The van der Waals surface area contributed by atoms with Crippen LogP contribution >= 0.6 is 23.1 Å². The van der Waals surface area contributed by atoms with Crippen molar-refractivity contribution in [2.75, 3.05) is 13.4 Å². The van der Waals surface area contributed by atoms with Crippen LogP contribution in [0.25, 0.3) is 6.08 Å². The van der Waals surface area contributed by atoms with Crippen LogP contribution in [0.2, 0.25) is 0 Å². The number of rotatable bonds is 4. The molecule has 0 radical (unpaired) electrons. The van der Waals surface area contributed by atoms with Crippen LogP contribution in [0, 0.1) is 5.82 Å². The fourth-order valence-electron chi connectivity index (χ4n) is 3.50. The van der Waals surface area contributed by atoms with Crippen molar-refractivity contribution in [2.45, 2.75) is 17.9 Å². The van der Waals surface area contributed by atoms with Gasteiger partial charge in [-0.05, 0) is 54.6 Å². The number of hydrogen-bond donors (Lipinski definition) is 0. The summed E-state index contributed by atoms with van der Waals surface area (Å²) in [5, 5.41) is 0. The second-order valence-electron chi connectivity index (χ2n) is 6.90. The number of carbonyl (C=O) groups excluding carboxylic acids is 1. The molecule has 0 saturated heterocycles. The number of aromatic nitrogens is 1. The summed E-state index contributed by atoms with van der Waals surface area (Å²) in [7, 11) is 1.32. The summed E-state index contributed by atoms with van der Waals surface area (Å²) in [5.41, 5.74) is 2.08. The minimum Gasteiger partial charge on any atom is -0.466 e. The van der Waals surface area contributed by atoms with Gasteiger partial charge in [0, 0.05) is 4.90 Å². The first-order chi connectivity index (χ1) is 14.9. The van der Waals surface area contributed by atoms with Gasteiger partial charge in [-0.2, -0.15) is 0 Å². The standard InChI is InChI=1S/C23H19FN2O3S2/c1-13-19(22(28)29-2)20(15-6-10-17(30-3)11-7-15)26-21(27)18(31-23(26)25-13)12-14-4-8-16(24)9-5-14/h4-12,20H,1-3H3.